The highest BCUT2D eigenvalue weighted by molar-refractivity contribution is 5.73. The minimum Gasteiger partial charge on any atom is -0.491 e. The van der Waals surface area contributed by atoms with E-state index in [0.717, 1.165) is 5.56 Å². The van der Waals surface area contributed by atoms with Crippen molar-refractivity contribution >= 4 is 11.6 Å². The molecule has 4 N–H and O–H groups in total. The van der Waals surface area contributed by atoms with Gasteiger partial charge in [0.05, 0.1) is 18.7 Å². The second-order valence-corrected chi connectivity index (χ2v) is 3.06. The van der Waals surface area contributed by atoms with Crippen molar-refractivity contribution in [3.63, 3.8) is 0 Å². The summed E-state index contributed by atoms with van der Waals surface area (Å²) < 4.78 is 5.35. The zero-order chi connectivity index (χ0) is 10.6. The van der Waals surface area contributed by atoms with Crippen molar-refractivity contribution in [1.82, 2.24) is 0 Å². The highest BCUT2D eigenvalue weighted by Gasteiger charge is 2.04. The first kappa shape index (κ1) is 10.4. The number of carbonyl (C=O) groups is 1. The number of para-hydroxylation sites is 1. The molecule has 0 aliphatic rings. The van der Waals surface area contributed by atoms with Crippen LogP contribution in [0.15, 0.2) is 18.2 Å². The Morgan fingerprint density at radius 1 is 1.50 bits per heavy atom. The molecule has 0 unspecified atom stereocenters. The Morgan fingerprint density at radius 3 is 2.79 bits per heavy atom. The van der Waals surface area contributed by atoms with Gasteiger partial charge < -0.3 is 16.2 Å². The molecule has 14 heavy (non-hydrogen) atoms. The molecule has 1 aromatic rings. The van der Waals surface area contributed by atoms with Gasteiger partial charge in [0.2, 0.25) is 5.91 Å². The number of ether oxygens (including phenoxy) is 1. The molecule has 0 atom stereocenters. The van der Waals surface area contributed by atoms with Crippen LogP contribution in [-0.4, -0.2) is 12.5 Å². The fourth-order valence-corrected chi connectivity index (χ4v) is 1.13. The number of amides is 1. The van der Waals surface area contributed by atoms with Gasteiger partial charge in [0.25, 0.3) is 0 Å². The predicted octanol–water partition coefficient (Wildman–Crippen LogP) is 0.831. The molecule has 0 aromatic heterocycles. The van der Waals surface area contributed by atoms with Crippen LogP contribution in [0.4, 0.5) is 5.69 Å². The number of rotatable bonds is 4. The molecule has 4 heteroatoms. The molecule has 4 nitrogen and oxygen atoms in total. The summed E-state index contributed by atoms with van der Waals surface area (Å²) in [5.41, 5.74) is 12.2. The van der Waals surface area contributed by atoms with E-state index in [1.54, 1.807) is 6.07 Å². The first-order valence-electron chi connectivity index (χ1n) is 4.37. The van der Waals surface area contributed by atoms with E-state index in [9.17, 15) is 4.79 Å². The van der Waals surface area contributed by atoms with E-state index in [0.29, 0.717) is 11.4 Å². The SMILES string of the molecule is Cc1cccc(N)c1OCCC(N)=O. The van der Waals surface area contributed by atoms with Crippen molar-refractivity contribution in [2.24, 2.45) is 5.73 Å². The molecule has 1 rings (SSSR count). The van der Waals surface area contributed by atoms with Crippen LogP contribution in [-0.2, 0) is 4.79 Å². The van der Waals surface area contributed by atoms with Crippen LogP contribution < -0.4 is 16.2 Å². The second-order valence-electron chi connectivity index (χ2n) is 3.06. The normalized spacial score (nSPS) is 9.79. The molecule has 1 amide bonds. The van der Waals surface area contributed by atoms with Gasteiger partial charge in [-0.2, -0.15) is 0 Å². The molecule has 0 saturated carbocycles. The zero-order valence-corrected chi connectivity index (χ0v) is 8.12. The van der Waals surface area contributed by atoms with E-state index in [1.807, 2.05) is 19.1 Å². The number of aryl methyl sites for hydroxylation is 1. The summed E-state index contributed by atoms with van der Waals surface area (Å²) >= 11 is 0. The Bertz CT molecular complexity index is 317. The van der Waals surface area contributed by atoms with Gasteiger partial charge in [0.15, 0.2) is 0 Å². The molecule has 0 spiro atoms. The molecule has 0 aliphatic heterocycles. The molecule has 0 aliphatic carbocycles. The third-order valence-electron chi connectivity index (χ3n) is 1.84. The molecule has 0 saturated heterocycles. The quantitative estimate of drug-likeness (QED) is 0.697. The number of nitrogens with two attached hydrogens (primary N) is 2. The van der Waals surface area contributed by atoms with Crippen LogP contribution in [0, 0.1) is 6.92 Å². The molecule has 76 valence electrons. The van der Waals surface area contributed by atoms with Gasteiger partial charge in [-0.15, -0.1) is 0 Å². The highest BCUT2D eigenvalue weighted by atomic mass is 16.5. The minimum absolute atomic E-state index is 0.202. The number of hydrogen-bond donors (Lipinski definition) is 2. The average molecular weight is 194 g/mol. The molecule has 0 heterocycles. The lowest BCUT2D eigenvalue weighted by Crippen LogP contribution is -2.15. The van der Waals surface area contributed by atoms with Gasteiger partial charge in [-0.05, 0) is 18.6 Å². The second kappa shape index (κ2) is 4.50. The van der Waals surface area contributed by atoms with Crippen molar-refractivity contribution in [2.75, 3.05) is 12.3 Å². The molecular weight excluding hydrogens is 180 g/mol. The number of hydrogen-bond acceptors (Lipinski definition) is 3. The van der Waals surface area contributed by atoms with Crippen molar-refractivity contribution < 1.29 is 9.53 Å². The Hall–Kier alpha value is -1.71. The van der Waals surface area contributed by atoms with Crippen LogP contribution in [0.1, 0.15) is 12.0 Å². The highest BCUT2D eigenvalue weighted by Crippen LogP contribution is 2.25. The number of primary amides is 1. The topological polar surface area (TPSA) is 78.3 Å². The molecule has 1 aromatic carbocycles. The van der Waals surface area contributed by atoms with Crippen LogP contribution >= 0.6 is 0 Å². The summed E-state index contributed by atoms with van der Waals surface area (Å²) in [4.78, 5) is 10.5. The molecule has 0 radical (unpaired) electrons. The van der Waals surface area contributed by atoms with E-state index in [1.165, 1.54) is 0 Å². The third kappa shape index (κ3) is 2.65. The number of benzene rings is 1. The van der Waals surface area contributed by atoms with Gasteiger partial charge in [-0.1, -0.05) is 12.1 Å². The summed E-state index contributed by atoms with van der Waals surface area (Å²) in [6.45, 7) is 2.17. The third-order valence-corrected chi connectivity index (χ3v) is 1.84. The molecular formula is C10H14N2O2. The first-order chi connectivity index (χ1) is 6.61. The van der Waals surface area contributed by atoms with E-state index < -0.39 is 0 Å². The molecule has 0 bridgehead atoms. The van der Waals surface area contributed by atoms with E-state index >= 15 is 0 Å². The van der Waals surface area contributed by atoms with Crippen molar-refractivity contribution in [3.8, 4) is 5.75 Å². The number of carbonyl (C=O) groups excluding carboxylic acids is 1. The zero-order valence-electron chi connectivity index (χ0n) is 8.12. The Labute approximate surface area is 82.8 Å². The van der Waals surface area contributed by atoms with Gasteiger partial charge in [0.1, 0.15) is 5.75 Å². The predicted molar refractivity (Wildman–Crippen MR) is 54.9 cm³/mol. The van der Waals surface area contributed by atoms with Crippen LogP contribution in [0.2, 0.25) is 0 Å². The standard InChI is InChI=1S/C10H14N2O2/c1-7-3-2-4-8(11)10(7)14-6-5-9(12)13/h2-4H,5-6,11H2,1H3,(H2,12,13). The van der Waals surface area contributed by atoms with E-state index in [-0.39, 0.29) is 18.9 Å². The minimum atomic E-state index is -0.378. The Kier molecular flexibility index (Phi) is 3.34. The number of nitrogen functional groups attached to an aromatic ring is 1. The van der Waals surface area contributed by atoms with Gasteiger partial charge in [0, 0.05) is 0 Å². The van der Waals surface area contributed by atoms with Crippen molar-refractivity contribution in [1.29, 1.82) is 0 Å². The largest absolute Gasteiger partial charge is 0.491 e. The van der Waals surface area contributed by atoms with Gasteiger partial charge in [-0.3, -0.25) is 4.79 Å². The van der Waals surface area contributed by atoms with Crippen LogP contribution in [0.3, 0.4) is 0 Å². The van der Waals surface area contributed by atoms with Crippen LogP contribution in [0.25, 0.3) is 0 Å². The van der Waals surface area contributed by atoms with E-state index in [2.05, 4.69) is 0 Å². The maximum atomic E-state index is 10.5. The lowest BCUT2D eigenvalue weighted by molar-refractivity contribution is -0.118. The summed E-state index contributed by atoms with van der Waals surface area (Å²) in [6, 6.07) is 5.51. The monoisotopic (exact) mass is 194 g/mol. The van der Waals surface area contributed by atoms with Crippen molar-refractivity contribution in [3.05, 3.63) is 23.8 Å². The lowest BCUT2D eigenvalue weighted by atomic mass is 10.2. The smallest absolute Gasteiger partial charge is 0.220 e. The van der Waals surface area contributed by atoms with Crippen molar-refractivity contribution in [2.45, 2.75) is 13.3 Å². The summed E-state index contributed by atoms with van der Waals surface area (Å²) in [6.07, 6.45) is 0.202. The van der Waals surface area contributed by atoms with Crippen LogP contribution in [0.5, 0.6) is 5.75 Å². The summed E-state index contributed by atoms with van der Waals surface area (Å²) in [5, 5.41) is 0. The fourth-order valence-electron chi connectivity index (χ4n) is 1.13. The number of anilines is 1. The Morgan fingerprint density at radius 2 is 2.21 bits per heavy atom. The van der Waals surface area contributed by atoms with Gasteiger partial charge in [-0.25, -0.2) is 0 Å². The maximum Gasteiger partial charge on any atom is 0.220 e. The molecule has 0 fully saturated rings. The van der Waals surface area contributed by atoms with Gasteiger partial charge >= 0.3 is 0 Å². The maximum absolute atomic E-state index is 10.5. The Balaban J connectivity index is 2.62. The summed E-state index contributed by atoms with van der Waals surface area (Å²) in [5.74, 6) is 0.255. The summed E-state index contributed by atoms with van der Waals surface area (Å²) in [7, 11) is 0. The van der Waals surface area contributed by atoms with E-state index in [4.69, 9.17) is 16.2 Å². The average Bonchev–Trinajstić information content (AvgIpc) is 2.09. The fraction of sp³-hybridized carbons (Fsp3) is 0.300. The lowest BCUT2D eigenvalue weighted by Gasteiger charge is -2.10. The first-order valence-corrected chi connectivity index (χ1v) is 4.37.